The van der Waals surface area contributed by atoms with Crippen molar-refractivity contribution < 1.29 is 0 Å². The standard InChI is InChI=1S/C58H40N2/c1-6-16-41(17-7-1)50-34-51(43-26-28-45(29-27-43)54-39-56(47-22-12-4-13-23-47)59-57(40-54)48-24-14-5-15-25-48)36-52(35-50)44-30-32-49(33-31-44)58-38-53(42-18-8-2-9-19-42)37-55(60-58)46-20-10-3-11-21-46/h1-40H. The number of rotatable bonds is 9. The van der Waals surface area contributed by atoms with Gasteiger partial charge in [-0.2, -0.15) is 0 Å². The molecular formula is C58H40N2. The van der Waals surface area contributed by atoms with Crippen LogP contribution in [-0.4, -0.2) is 9.97 Å². The second-order valence-corrected chi connectivity index (χ2v) is 15.0. The summed E-state index contributed by atoms with van der Waals surface area (Å²) >= 11 is 0. The van der Waals surface area contributed by atoms with Crippen molar-refractivity contribution in [1.29, 1.82) is 0 Å². The van der Waals surface area contributed by atoms with E-state index in [1.807, 2.05) is 18.2 Å². The molecule has 0 saturated heterocycles. The van der Waals surface area contributed by atoms with Crippen molar-refractivity contribution in [2.45, 2.75) is 0 Å². The van der Waals surface area contributed by atoms with Crippen LogP contribution in [0.2, 0.25) is 0 Å². The van der Waals surface area contributed by atoms with Crippen LogP contribution < -0.4 is 0 Å². The van der Waals surface area contributed by atoms with E-state index in [0.29, 0.717) is 0 Å². The molecule has 2 heteroatoms. The smallest absolute Gasteiger partial charge is 0.0715 e. The van der Waals surface area contributed by atoms with Gasteiger partial charge in [0.25, 0.3) is 0 Å². The largest absolute Gasteiger partial charge is 0.248 e. The van der Waals surface area contributed by atoms with Crippen molar-refractivity contribution >= 4 is 0 Å². The van der Waals surface area contributed by atoms with E-state index in [-0.39, 0.29) is 0 Å². The van der Waals surface area contributed by atoms with Gasteiger partial charge in [-0.1, -0.05) is 200 Å². The van der Waals surface area contributed by atoms with Crippen LogP contribution in [0, 0.1) is 0 Å². The molecule has 60 heavy (non-hydrogen) atoms. The third-order valence-electron chi connectivity index (χ3n) is 11.1. The van der Waals surface area contributed by atoms with E-state index in [9.17, 15) is 0 Å². The summed E-state index contributed by atoms with van der Waals surface area (Å²) in [4.78, 5) is 10.3. The minimum atomic E-state index is 0.946. The Labute approximate surface area is 351 Å². The summed E-state index contributed by atoms with van der Waals surface area (Å²) < 4.78 is 0. The zero-order valence-electron chi connectivity index (χ0n) is 33.0. The van der Waals surface area contributed by atoms with E-state index in [1.165, 1.54) is 16.7 Å². The number of aromatic nitrogens is 2. The first-order valence-corrected chi connectivity index (χ1v) is 20.4. The quantitative estimate of drug-likeness (QED) is 0.146. The Kier molecular flexibility index (Phi) is 10.0. The fraction of sp³-hybridized carbons (Fsp3) is 0. The van der Waals surface area contributed by atoms with Crippen LogP contribution in [-0.2, 0) is 0 Å². The molecule has 2 aromatic heterocycles. The molecule has 10 aromatic rings. The van der Waals surface area contributed by atoms with Crippen LogP contribution in [0.15, 0.2) is 243 Å². The molecule has 282 valence electrons. The lowest BCUT2D eigenvalue weighted by Gasteiger charge is -2.14. The van der Waals surface area contributed by atoms with Crippen molar-refractivity contribution in [1.82, 2.24) is 9.97 Å². The van der Waals surface area contributed by atoms with Gasteiger partial charge < -0.3 is 0 Å². The van der Waals surface area contributed by atoms with Crippen molar-refractivity contribution in [3.05, 3.63) is 243 Å². The molecule has 0 aliphatic heterocycles. The molecule has 0 radical (unpaired) electrons. The van der Waals surface area contributed by atoms with Crippen LogP contribution >= 0.6 is 0 Å². The zero-order chi connectivity index (χ0) is 40.1. The molecule has 0 aliphatic rings. The van der Waals surface area contributed by atoms with Gasteiger partial charge >= 0.3 is 0 Å². The highest BCUT2D eigenvalue weighted by molar-refractivity contribution is 5.84. The molecule has 0 bridgehead atoms. The Bertz CT molecular complexity index is 2710. The van der Waals surface area contributed by atoms with Gasteiger partial charge in [-0.25, -0.2) is 9.97 Å². The average molecular weight is 765 g/mol. The fourth-order valence-corrected chi connectivity index (χ4v) is 7.89. The third-order valence-corrected chi connectivity index (χ3v) is 11.1. The summed E-state index contributed by atoms with van der Waals surface area (Å²) in [7, 11) is 0. The minimum absolute atomic E-state index is 0.946. The van der Waals surface area contributed by atoms with Crippen LogP contribution in [0.5, 0.6) is 0 Å². The number of hydrogen-bond donors (Lipinski definition) is 0. The Hall–Kier alpha value is -7.94. The van der Waals surface area contributed by atoms with E-state index in [1.54, 1.807) is 0 Å². The summed E-state index contributed by atoms with van der Waals surface area (Å²) in [6.45, 7) is 0. The lowest BCUT2D eigenvalue weighted by atomic mass is 9.92. The van der Waals surface area contributed by atoms with Gasteiger partial charge in [0, 0.05) is 22.3 Å². The van der Waals surface area contributed by atoms with E-state index < -0.39 is 0 Å². The molecule has 0 amide bonds. The Morgan fingerprint density at radius 3 is 0.600 bits per heavy atom. The van der Waals surface area contributed by atoms with E-state index in [0.717, 1.165) is 84.0 Å². The molecule has 0 atom stereocenters. The molecule has 2 heterocycles. The van der Waals surface area contributed by atoms with Gasteiger partial charge in [0.1, 0.15) is 0 Å². The Balaban J connectivity index is 1.01. The summed E-state index contributed by atoms with van der Waals surface area (Å²) in [5.74, 6) is 0. The van der Waals surface area contributed by atoms with Crippen molar-refractivity contribution in [3.8, 4) is 101 Å². The SMILES string of the molecule is c1ccc(-c2cc(-c3ccc(-c4cc(-c5ccccc5)nc(-c5ccccc5)c4)cc3)cc(-c3ccc(-c4cc(-c5ccccc5)cc(-c5ccccc5)n4)cc3)c2)cc1. The molecule has 0 fully saturated rings. The fourth-order valence-electron chi connectivity index (χ4n) is 7.89. The van der Waals surface area contributed by atoms with Gasteiger partial charge in [0.15, 0.2) is 0 Å². The average Bonchev–Trinajstić information content (AvgIpc) is 3.35. The predicted molar refractivity (Wildman–Crippen MR) is 251 cm³/mol. The van der Waals surface area contributed by atoms with Gasteiger partial charge in [-0.15, -0.1) is 0 Å². The van der Waals surface area contributed by atoms with Gasteiger partial charge in [0.2, 0.25) is 0 Å². The van der Waals surface area contributed by atoms with E-state index in [4.69, 9.17) is 9.97 Å². The van der Waals surface area contributed by atoms with Crippen molar-refractivity contribution in [2.24, 2.45) is 0 Å². The summed E-state index contributed by atoms with van der Waals surface area (Å²) in [5.41, 5.74) is 19.8. The topological polar surface area (TPSA) is 25.8 Å². The first-order chi connectivity index (χ1) is 29.7. The first kappa shape index (κ1) is 36.4. The number of hydrogen-bond acceptors (Lipinski definition) is 2. The van der Waals surface area contributed by atoms with Gasteiger partial charge in [0.05, 0.1) is 22.8 Å². The highest BCUT2D eigenvalue weighted by Crippen LogP contribution is 2.37. The summed E-state index contributed by atoms with van der Waals surface area (Å²) in [5, 5.41) is 0. The first-order valence-electron chi connectivity index (χ1n) is 20.4. The monoisotopic (exact) mass is 764 g/mol. The normalized spacial score (nSPS) is 11.0. The molecule has 0 N–H and O–H groups in total. The molecule has 0 saturated carbocycles. The highest BCUT2D eigenvalue weighted by atomic mass is 14.7. The lowest BCUT2D eigenvalue weighted by Crippen LogP contribution is -1.92. The number of pyridine rings is 2. The number of benzene rings is 8. The van der Waals surface area contributed by atoms with Crippen LogP contribution in [0.4, 0.5) is 0 Å². The summed E-state index contributed by atoms with van der Waals surface area (Å²) in [6.07, 6.45) is 0. The molecule has 10 rings (SSSR count). The van der Waals surface area contributed by atoms with E-state index in [2.05, 4.69) is 224 Å². The van der Waals surface area contributed by atoms with Crippen molar-refractivity contribution in [2.75, 3.05) is 0 Å². The maximum Gasteiger partial charge on any atom is 0.0715 e. The summed E-state index contributed by atoms with van der Waals surface area (Å²) in [6, 6.07) is 86.0. The van der Waals surface area contributed by atoms with E-state index >= 15 is 0 Å². The maximum absolute atomic E-state index is 5.18. The number of nitrogens with zero attached hydrogens (tertiary/aromatic N) is 2. The van der Waals surface area contributed by atoms with Gasteiger partial charge in [-0.05, 0) is 98.1 Å². The molecule has 2 nitrogen and oxygen atoms in total. The Morgan fingerprint density at radius 1 is 0.150 bits per heavy atom. The third kappa shape index (κ3) is 7.83. The minimum Gasteiger partial charge on any atom is -0.248 e. The molecule has 0 aliphatic carbocycles. The van der Waals surface area contributed by atoms with Gasteiger partial charge in [-0.3, -0.25) is 0 Å². The molecule has 0 unspecified atom stereocenters. The lowest BCUT2D eigenvalue weighted by molar-refractivity contribution is 1.32. The van der Waals surface area contributed by atoms with Crippen LogP contribution in [0.25, 0.3) is 101 Å². The zero-order valence-corrected chi connectivity index (χ0v) is 33.0. The molecule has 8 aromatic carbocycles. The van der Waals surface area contributed by atoms with Crippen molar-refractivity contribution in [3.63, 3.8) is 0 Å². The second-order valence-electron chi connectivity index (χ2n) is 15.0. The molecular weight excluding hydrogens is 725 g/mol. The second kappa shape index (κ2) is 16.5. The Morgan fingerprint density at radius 2 is 0.333 bits per heavy atom. The molecule has 0 spiro atoms. The highest BCUT2D eigenvalue weighted by Gasteiger charge is 2.13. The predicted octanol–water partition coefficient (Wildman–Crippen LogP) is 15.5. The van der Waals surface area contributed by atoms with Crippen LogP contribution in [0.1, 0.15) is 0 Å². The van der Waals surface area contributed by atoms with Crippen LogP contribution in [0.3, 0.4) is 0 Å². The maximum atomic E-state index is 5.18.